The van der Waals surface area contributed by atoms with E-state index in [-0.39, 0.29) is 24.0 Å². The molecule has 0 aliphatic carbocycles. The van der Waals surface area contributed by atoms with Crippen LogP contribution in [0, 0.1) is 0 Å². The number of ether oxygens (including phenoxy) is 1. The number of aliphatic hydroxyl groups excluding tert-OH is 1. The number of Topliss-reactive ketones (excluding diaryl/α,β-unsaturated/α-hetero) is 1. The number of nitrogens with zero attached hydrogens (tertiary/aromatic N) is 2. The summed E-state index contributed by atoms with van der Waals surface area (Å²) in [7, 11) is 0. The van der Waals surface area contributed by atoms with Crippen molar-refractivity contribution in [2.24, 2.45) is 0 Å². The molecule has 0 unspecified atom stereocenters. The number of benzene rings is 2. The molecule has 2 aromatic carbocycles. The van der Waals surface area contributed by atoms with Crippen LogP contribution < -0.4 is 4.74 Å². The molecule has 1 aliphatic heterocycles. The van der Waals surface area contributed by atoms with Crippen molar-refractivity contribution >= 4 is 17.4 Å². The van der Waals surface area contributed by atoms with Crippen LogP contribution in [0.4, 0.5) is 0 Å². The van der Waals surface area contributed by atoms with Crippen LogP contribution in [0.5, 0.6) is 5.75 Å². The molecular formula is C26H24N2O4. The van der Waals surface area contributed by atoms with E-state index in [0.717, 1.165) is 5.56 Å². The van der Waals surface area contributed by atoms with Gasteiger partial charge < -0.3 is 14.7 Å². The van der Waals surface area contributed by atoms with Gasteiger partial charge in [0.2, 0.25) is 0 Å². The van der Waals surface area contributed by atoms with E-state index in [9.17, 15) is 14.7 Å². The van der Waals surface area contributed by atoms with Crippen LogP contribution in [0.2, 0.25) is 0 Å². The van der Waals surface area contributed by atoms with Crippen LogP contribution in [-0.2, 0) is 16.1 Å². The molecule has 1 saturated heterocycles. The predicted molar refractivity (Wildman–Crippen MR) is 121 cm³/mol. The van der Waals surface area contributed by atoms with Crippen LogP contribution >= 0.6 is 0 Å². The fourth-order valence-electron chi connectivity index (χ4n) is 3.83. The molecule has 4 rings (SSSR count). The Kier molecular flexibility index (Phi) is 6.03. The SMILES string of the molecule is CC(C)Oc1ccc([C@H]2C(=C(O)c3ccccc3)C(=O)C(=O)N2Cc2cccnc2)cc1. The van der Waals surface area contributed by atoms with E-state index in [1.54, 1.807) is 42.7 Å². The monoisotopic (exact) mass is 428 g/mol. The van der Waals surface area contributed by atoms with Crippen molar-refractivity contribution in [2.45, 2.75) is 32.5 Å². The van der Waals surface area contributed by atoms with Crippen molar-refractivity contribution in [1.29, 1.82) is 0 Å². The van der Waals surface area contributed by atoms with E-state index < -0.39 is 17.7 Å². The highest BCUT2D eigenvalue weighted by Crippen LogP contribution is 2.40. The standard InChI is InChI=1S/C26H24N2O4/c1-17(2)32-21-12-10-19(11-13-21)23-22(24(29)20-8-4-3-5-9-20)25(30)26(31)28(23)16-18-7-6-14-27-15-18/h3-15,17,23,29H,16H2,1-2H3/t23-/m0/s1. The minimum Gasteiger partial charge on any atom is -0.507 e. The number of aliphatic hydroxyl groups is 1. The van der Waals surface area contributed by atoms with Gasteiger partial charge in [-0.2, -0.15) is 0 Å². The number of hydrogen-bond acceptors (Lipinski definition) is 5. The van der Waals surface area contributed by atoms with Crippen molar-refractivity contribution < 1.29 is 19.4 Å². The van der Waals surface area contributed by atoms with Crippen molar-refractivity contribution in [3.63, 3.8) is 0 Å². The van der Waals surface area contributed by atoms with Crippen molar-refractivity contribution in [2.75, 3.05) is 0 Å². The van der Waals surface area contributed by atoms with Gasteiger partial charge in [0.05, 0.1) is 17.7 Å². The lowest BCUT2D eigenvalue weighted by Gasteiger charge is -2.25. The fraction of sp³-hybridized carbons (Fsp3) is 0.192. The minimum absolute atomic E-state index is 0.0233. The molecule has 1 aromatic heterocycles. The van der Waals surface area contributed by atoms with Crippen molar-refractivity contribution in [3.05, 3.63) is 101 Å². The molecule has 1 amide bonds. The highest BCUT2D eigenvalue weighted by Gasteiger charge is 2.46. The minimum atomic E-state index is -0.733. The number of ketones is 1. The van der Waals surface area contributed by atoms with Crippen LogP contribution in [0.1, 0.15) is 36.6 Å². The van der Waals surface area contributed by atoms with Gasteiger partial charge >= 0.3 is 0 Å². The number of aromatic nitrogens is 1. The number of rotatable bonds is 6. The van der Waals surface area contributed by atoms with Crippen LogP contribution in [0.25, 0.3) is 5.76 Å². The molecule has 162 valence electrons. The van der Waals surface area contributed by atoms with E-state index in [1.807, 2.05) is 50.2 Å². The number of amides is 1. The molecule has 1 N–H and O–H groups in total. The lowest BCUT2D eigenvalue weighted by atomic mass is 9.95. The summed E-state index contributed by atoms with van der Waals surface area (Å²) in [5.74, 6) is -0.859. The molecule has 32 heavy (non-hydrogen) atoms. The third kappa shape index (κ3) is 4.25. The van der Waals surface area contributed by atoms with E-state index >= 15 is 0 Å². The van der Waals surface area contributed by atoms with E-state index in [2.05, 4.69) is 4.98 Å². The maximum Gasteiger partial charge on any atom is 0.295 e. The Morgan fingerprint density at radius 1 is 1.03 bits per heavy atom. The maximum atomic E-state index is 13.1. The predicted octanol–water partition coefficient (Wildman–Crippen LogP) is 4.49. The first-order valence-corrected chi connectivity index (χ1v) is 10.4. The summed E-state index contributed by atoms with van der Waals surface area (Å²) in [6.45, 7) is 4.08. The lowest BCUT2D eigenvalue weighted by Crippen LogP contribution is -2.29. The van der Waals surface area contributed by atoms with Gasteiger partial charge in [-0.25, -0.2) is 0 Å². The Morgan fingerprint density at radius 3 is 2.38 bits per heavy atom. The molecule has 2 heterocycles. The molecule has 0 bridgehead atoms. The van der Waals surface area contributed by atoms with E-state index in [0.29, 0.717) is 16.9 Å². The molecule has 6 heteroatoms. The summed E-state index contributed by atoms with van der Waals surface area (Å²) in [6, 6.07) is 18.9. The maximum absolute atomic E-state index is 13.1. The van der Waals surface area contributed by atoms with E-state index in [4.69, 9.17) is 4.74 Å². The van der Waals surface area contributed by atoms with Crippen molar-refractivity contribution in [3.8, 4) is 5.75 Å². The highest BCUT2D eigenvalue weighted by atomic mass is 16.5. The largest absolute Gasteiger partial charge is 0.507 e. The Labute approximate surface area is 186 Å². The Bertz CT molecular complexity index is 1140. The van der Waals surface area contributed by atoms with Gasteiger partial charge in [-0.05, 0) is 43.2 Å². The molecule has 1 atom stereocenters. The summed E-state index contributed by atoms with van der Waals surface area (Å²) in [4.78, 5) is 31.7. The molecule has 0 radical (unpaired) electrons. The summed E-state index contributed by atoms with van der Waals surface area (Å²) in [6.07, 6.45) is 3.33. The van der Waals surface area contributed by atoms with Gasteiger partial charge in [0.25, 0.3) is 11.7 Å². The lowest BCUT2D eigenvalue weighted by molar-refractivity contribution is -0.140. The van der Waals surface area contributed by atoms with Gasteiger partial charge in [-0.15, -0.1) is 0 Å². The van der Waals surface area contributed by atoms with E-state index in [1.165, 1.54) is 4.90 Å². The van der Waals surface area contributed by atoms with Crippen LogP contribution in [0.15, 0.2) is 84.7 Å². The second-order valence-corrected chi connectivity index (χ2v) is 7.89. The Morgan fingerprint density at radius 2 is 1.75 bits per heavy atom. The van der Waals surface area contributed by atoms with Gasteiger partial charge in [0, 0.05) is 24.5 Å². The number of carbonyl (C=O) groups is 2. The summed E-state index contributed by atoms with van der Waals surface area (Å²) < 4.78 is 5.72. The smallest absolute Gasteiger partial charge is 0.295 e. The second-order valence-electron chi connectivity index (χ2n) is 7.89. The second kappa shape index (κ2) is 9.06. The zero-order valence-electron chi connectivity index (χ0n) is 17.9. The number of hydrogen-bond donors (Lipinski definition) is 1. The normalized spacial score (nSPS) is 17.7. The molecule has 0 saturated carbocycles. The zero-order valence-corrected chi connectivity index (χ0v) is 17.9. The molecule has 1 aliphatic rings. The highest BCUT2D eigenvalue weighted by molar-refractivity contribution is 6.46. The molecule has 1 fully saturated rings. The Balaban J connectivity index is 1.81. The number of pyridine rings is 1. The molecule has 6 nitrogen and oxygen atoms in total. The topological polar surface area (TPSA) is 79.7 Å². The third-order valence-corrected chi connectivity index (χ3v) is 5.23. The first kappa shape index (κ1) is 21.3. The number of likely N-dealkylation sites (tertiary alicyclic amines) is 1. The Hall–Kier alpha value is -3.93. The fourth-order valence-corrected chi connectivity index (χ4v) is 3.83. The number of carbonyl (C=O) groups excluding carboxylic acids is 2. The first-order valence-electron chi connectivity index (χ1n) is 10.4. The zero-order chi connectivity index (χ0) is 22.7. The van der Waals surface area contributed by atoms with Gasteiger partial charge in [0.15, 0.2) is 0 Å². The summed E-state index contributed by atoms with van der Waals surface area (Å²) >= 11 is 0. The van der Waals surface area contributed by atoms with Gasteiger partial charge in [-0.3, -0.25) is 14.6 Å². The molecule has 3 aromatic rings. The van der Waals surface area contributed by atoms with Crippen LogP contribution in [0.3, 0.4) is 0 Å². The average Bonchev–Trinajstić information content (AvgIpc) is 3.05. The van der Waals surface area contributed by atoms with Gasteiger partial charge in [-0.1, -0.05) is 48.5 Å². The summed E-state index contributed by atoms with van der Waals surface area (Å²) in [5.41, 5.74) is 2.06. The van der Waals surface area contributed by atoms with Crippen LogP contribution in [-0.4, -0.2) is 32.8 Å². The van der Waals surface area contributed by atoms with Gasteiger partial charge in [0.1, 0.15) is 11.5 Å². The van der Waals surface area contributed by atoms with Crippen molar-refractivity contribution in [1.82, 2.24) is 9.88 Å². The first-order chi connectivity index (χ1) is 15.5. The average molecular weight is 428 g/mol. The third-order valence-electron chi connectivity index (χ3n) is 5.23. The summed E-state index contributed by atoms with van der Waals surface area (Å²) in [5, 5.41) is 11.0. The quantitative estimate of drug-likeness (QED) is 0.355. The molecular weight excluding hydrogens is 404 g/mol. The molecule has 0 spiro atoms.